The molecule has 0 bridgehead atoms. The van der Waals surface area contributed by atoms with Crippen LogP contribution in [0.3, 0.4) is 0 Å². The predicted octanol–water partition coefficient (Wildman–Crippen LogP) is 4.17. The van der Waals surface area contributed by atoms with E-state index < -0.39 is 6.10 Å². The Morgan fingerprint density at radius 3 is 2.72 bits per heavy atom. The van der Waals surface area contributed by atoms with Gasteiger partial charge in [-0.25, -0.2) is 0 Å². The van der Waals surface area contributed by atoms with Crippen molar-refractivity contribution >= 4 is 22.6 Å². The first-order chi connectivity index (χ1) is 8.75. The molecule has 1 N–H and O–H groups in total. The minimum atomic E-state index is -0.729. The lowest BCUT2D eigenvalue weighted by atomic mass is 10.0. The molecule has 1 aromatic heterocycles. The highest BCUT2D eigenvalue weighted by Crippen LogP contribution is 2.31. The zero-order valence-electron chi connectivity index (χ0n) is 9.51. The number of aliphatic hydroxyl groups excluding tert-OH is 1. The molecule has 3 aromatic rings. The van der Waals surface area contributed by atoms with Crippen molar-refractivity contribution in [1.82, 2.24) is 0 Å². The third kappa shape index (κ3) is 1.90. The van der Waals surface area contributed by atoms with Gasteiger partial charge in [0.2, 0.25) is 0 Å². The van der Waals surface area contributed by atoms with E-state index in [-0.39, 0.29) is 0 Å². The van der Waals surface area contributed by atoms with Crippen LogP contribution in [0.2, 0.25) is 5.02 Å². The van der Waals surface area contributed by atoms with Crippen LogP contribution in [0.1, 0.15) is 17.2 Å². The second-order valence-corrected chi connectivity index (χ2v) is 4.58. The van der Waals surface area contributed by atoms with Gasteiger partial charge in [0.15, 0.2) is 0 Å². The molecule has 18 heavy (non-hydrogen) atoms. The van der Waals surface area contributed by atoms with Crippen LogP contribution in [0.4, 0.5) is 0 Å². The summed E-state index contributed by atoms with van der Waals surface area (Å²) in [5.74, 6) is 0. The fraction of sp³-hybridized carbons (Fsp3) is 0.0667. The lowest BCUT2D eigenvalue weighted by Crippen LogP contribution is -1.98. The molecular weight excluding hydrogens is 248 g/mol. The SMILES string of the molecule is OC(c1cccc(Cl)c1)c1coc2ccccc12. The van der Waals surface area contributed by atoms with Gasteiger partial charge in [-0.3, -0.25) is 0 Å². The van der Waals surface area contributed by atoms with E-state index in [1.807, 2.05) is 36.4 Å². The molecule has 0 fully saturated rings. The van der Waals surface area contributed by atoms with E-state index in [1.54, 1.807) is 18.4 Å². The molecule has 1 atom stereocenters. The van der Waals surface area contributed by atoms with Crippen molar-refractivity contribution in [2.45, 2.75) is 6.10 Å². The van der Waals surface area contributed by atoms with Gasteiger partial charge in [0.1, 0.15) is 11.7 Å². The van der Waals surface area contributed by atoms with Gasteiger partial charge in [0, 0.05) is 16.0 Å². The number of rotatable bonds is 2. The second-order valence-electron chi connectivity index (χ2n) is 4.14. The van der Waals surface area contributed by atoms with Gasteiger partial charge in [0.25, 0.3) is 0 Å². The Balaban J connectivity index is 2.09. The number of halogens is 1. The Morgan fingerprint density at radius 2 is 1.89 bits per heavy atom. The topological polar surface area (TPSA) is 33.4 Å². The van der Waals surface area contributed by atoms with Gasteiger partial charge in [-0.2, -0.15) is 0 Å². The maximum atomic E-state index is 10.4. The van der Waals surface area contributed by atoms with E-state index in [1.165, 1.54) is 0 Å². The summed E-state index contributed by atoms with van der Waals surface area (Å²) in [6.45, 7) is 0. The summed E-state index contributed by atoms with van der Waals surface area (Å²) in [7, 11) is 0. The number of furan rings is 1. The van der Waals surface area contributed by atoms with Crippen LogP contribution >= 0.6 is 11.6 Å². The minimum absolute atomic E-state index is 0.611. The van der Waals surface area contributed by atoms with Crippen LogP contribution in [-0.2, 0) is 0 Å². The zero-order valence-corrected chi connectivity index (χ0v) is 10.3. The van der Waals surface area contributed by atoms with Crippen molar-refractivity contribution in [3.63, 3.8) is 0 Å². The second kappa shape index (κ2) is 4.48. The first-order valence-corrected chi connectivity index (χ1v) is 6.03. The Hall–Kier alpha value is -1.77. The summed E-state index contributed by atoms with van der Waals surface area (Å²) in [6.07, 6.45) is 0.864. The maximum Gasteiger partial charge on any atom is 0.134 e. The van der Waals surface area contributed by atoms with Crippen LogP contribution in [0.15, 0.2) is 59.2 Å². The van der Waals surface area contributed by atoms with Gasteiger partial charge in [-0.05, 0) is 23.8 Å². The third-order valence-electron chi connectivity index (χ3n) is 2.97. The lowest BCUT2D eigenvalue weighted by Gasteiger charge is -2.09. The molecule has 0 radical (unpaired) electrons. The molecule has 0 saturated heterocycles. The van der Waals surface area contributed by atoms with E-state index >= 15 is 0 Å². The predicted molar refractivity (Wildman–Crippen MR) is 71.7 cm³/mol. The molecule has 90 valence electrons. The minimum Gasteiger partial charge on any atom is -0.464 e. The Morgan fingerprint density at radius 1 is 1.06 bits per heavy atom. The highest BCUT2D eigenvalue weighted by Gasteiger charge is 2.16. The van der Waals surface area contributed by atoms with Gasteiger partial charge in [-0.15, -0.1) is 0 Å². The van der Waals surface area contributed by atoms with Crippen molar-refractivity contribution < 1.29 is 9.52 Å². The lowest BCUT2D eigenvalue weighted by molar-refractivity contribution is 0.220. The van der Waals surface area contributed by atoms with E-state index in [2.05, 4.69) is 0 Å². The van der Waals surface area contributed by atoms with Crippen LogP contribution in [0, 0.1) is 0 Å². The Kier molecular flexibility index (Phi) is 2.82. The average Bonchev–Trinajstić information content (AvgIpc) is 2.82. The quantitative estimate of drug-likeness (QED) is 0.748. The molecule has 0 spiro atoms. The normalized spacial score (nSPS) is 12.8. The van der Waals surface area contributed by atoms with Crippen molar-refractivity contribution in [3.8, 4) is 0 Å². The highest BCUT2D eigenvalue weighted by atomic mass is 35.5. The average molecular weight is 259 g/mol. The van der Waals surface area contributed by atoms with Gasteiger partial charge >= 0.3 is 0 Å². The van der Waals surface area contributed by atoms with Crippen LogP contribution in [0.5, 0.6) is 0 Å². The number of fused-ring (bicyclic) bond motifs is 1. The van der Waals surface area contributed by atoms with Crippen molar-refractivity contribution in [2.75, 3.05) is 0 Å². The summed E-state index contributed by atoms with van der Waals surface area (Å²) in [6, 6.07) is 14.8. The summed E-state index contributed by atoms with van der Waals surface area (Å²) in [5.41, 5.74) is 2.29. The maximum absolute atomic E-state index is 10.4. The fourth-order valence-corrected chi connectivity index (χ4v) is 2.27. The molecule has 3 heteroatoms. The molecular formula is C15H11ClO2. The largest absolute Gasteiger partial charge is 0.464 e. The van der Waals surface area contributed by atoms with Crippen molar-refractivity contribution in [2.24, 2.45) is 0 Å². The highest BCUT2D eigenvalue weighted by molar-refractivity contribution is 6.30. The number of hydrogen-bond donors (Lipinski definition) is 1. The van der Waals surface area contributed by atoms with Crippen LogP contribution < -0.4 is 0 Å². The molecule has 1 unspecified atom stereocenters. The van der Waals surface area contributed by atoms with Gasteiger partial charge in [0.05, 0.1) is 6.26 Å². The van der Waals surface area contributed by atoms with Crippen LogP contribution in [0.25, 0.3) is 11.0 Å². The molecule has 0 aliphatic rings. The number of hydrogen-bond acceptors (Lipinski definition) is 2. The smallest absolute Gasteiger partial charge is 0.134 e. The van der Waals surface area contributed by atoms with Crippen molar-refractivity contribution in [1.29, 1.82) is 0 Å². The Bertz CT molecular complexity index is 688. The van der Waals surface area contributed by atoms with Gasteiger partial charge in [-0.1, -0.05) is 41.9 Å². The van der Waals surface area contributed by atoms with Crippen molar-refractivity contribution in [3.05, 3.63) is 70.9 Å². The molecule has 0 aliphatic heterocycles. The summed E-state index contributed by atoms with van der Waals surface area (Å²) < 4.78 is 5.43. The summed E-state index contributed by atoms with van der Waals surface area (Å²) >= 11 is 5.93. The summed E-state index contributed by atoms with van der Waals surface area (Å²) in [4.78, 5) is 0. The number of aliphatic hydroxyl groups is 1. The molecule has 2 aromatic carbocycles. The van der Waals surface area contributed by atoms with E-state index in [4.69, 9.17) is 16.0 Å². The van der Waals surface area contributed by atoms with E-state index in [0.29, 0.717) is 5.02 Å². The fourth-order valence-electron chi connectivity index (χ4n) is 2.07. The number of para-hydroxylation sites is 1. The zero-order chi connectivity index (χ0) is 12.5. The molecule has 0 saturated carbocycles. The first-order valence-electron chi connectivity index (χ1n) is 5.65. The number of benzene rings is 2. The molecule has 2 nitrogen and oxygen atoms in total. The first kappa shape index (κ1) is 11.3. The summed E-state index contributed by atoms with van der Waals surface area (Å²) in [5, 5.41) is 11.9. The van der Waals surface area contributed by atoms with E-state index in [9.17, 15) is 5.11 Å². The molecule has 0 amide bonds. The molecule has 3 rings (SSSR count). The molecule has 1 heterocycles. The van der Waals surface area contributed by atoms with Gasteiger partial charge < -0.3 is 9.52 Å². The monoisotopic (exact) mass is 258 g/mol. The van der Waals surface area contributed by atoms with E-state index in [0.717, 1.165) is 22.1 Å². The Labute approximate surface area is 109 Å². The molecule has 0 aliphatic carbocycles. The van der Waals surface area contributed by atoms with Crippen LogP contribution in [-0.4, -0.2) is 5.11 Å². The third-order valence-corrected chi connectivity index (χ3v) is 3.21. The standard InChI is InChI=1S/C15H11ClO2/c16-11-5-3-4-10(8-11)15(17)13-9-18-14-7-2-1-6-12(13)14/h1-9,15,17H.